The van der Waals surface area contributed by atoms with Crippen molar-refractivity contribution in [3.63, 3.8) is 0 Å². The van der Waals surface area contributed by atoms with Gasteiger partial charge in [0.15, 0.2) is 0 Å². The summed E-state index contributed by atoms with van der Waals surface area (Å²) in [6.45, 7) is 5.13. The second-order valence-corrected chi connectivity index (χ2v) is 5.43. The Morgan fingerprint density at radius 3 is 2.35 bits per heavy atom. The average molecular weight is 334 g/mol. The molecule has 124 valence electrons. The van der Waals surface area contributed by atoms with E-state index in [9.17, 15) is 4.79 Å². The Morgan fingerprint density at radius 2 is 1.78 bits per heavy atom. The molecule has 5 heteroatoms. The van der Waals surface area contributed by atoms with Crippen LogP contribution in [-0.2, 0) is 11.3 Å². The van der Waals surface area contributed by atoms with Crippen molar-refractivity contribution in [3.8, 4) is 0 Å². The fourth-order valence-corrected chi connectivity index (χ4v) is 2.46. The molecule has 2 unspecified atom stereocenters. The number of hydrogen-bond acceptors (Lipinski definition) is 3. The molecule has 0 bridgehead atoms. The summed E-state index contributed by atoms with van der Waals surface area (Å²) in [6, 6.07) is 13.3. The van der Waals surface area contributed by atoms with Crippen LogP contribution in [0.3, 0.4) is 0 Å². The lowest BCUT2D eigenvalue weighted by Gasteiger charge is -2.27. The van der Waals surface area contributed by atoms with Crippen LogP contribution in [0, 0.1) is 5.92 Å². The maximum atomic E-state index is 12.7. The maximum absolute atomic E-state index is 12.7. The molecule has 2 rings (SSSR count). The van der Waals surface area contributed by atoms with Crippen molar-refractivity contribution in [2.45, 2.75) is 26.4 Å². The molecule has 2 atom stereocenters. The number of pyridine rings is 1. The van der Waals surface area contributed by atoms with E-state index in [0.29, 0.717) is 13.1 Å². The van der Waals surface area contributed by atoms with Crippen LogP contribution in [0.25, 0.3) is 0 Å². The van der Waals surface area contributed by atoms with Crippen LogP contribution in [0.5, 0.6) is 0 Å². The molecule has 0 fully saturated rings. The largest absolute Gasteiger partial charge is 0.338 e. The Hall–Kier alpha value is -1.91. The lowest BCUT2D eigenvalue weighted by molar-refractivity contribution is -0.136. The van der Waals surface area contributed by atoms with Crippen LogP contribution in [0.1, 0.15) is 31.0 Å². The molecule has 0 saturated heterocycles. The summed E-state index contributed by atoms with van der Waals surface area (Å²) in [7, 11) is 0. The van der Waals surface area contributed by atoms with E-state index in [0.717, 1.165) is 11.1 Å². The summed E-state index contributed by atoms with van der Waals surface area (Å²) >= 11 is 0. The highest BCUT2D eigenvalue weighted by Crippen LogP contribution is 2.21. The topological polar surface area (TPSA) is 59.2 Å². The van der Waals surface area contributed by atoms with E-state index in [1.165, 1.54) is 0 Å². The zero-order valence-corrected chi connectivity index (χ0v) is 14.4. The molecule has 0 aliphatic carbocycles. The molecule has 4 nitrogen and oxygen atoms in total. The molecule has 0 aliphatic rings. The highest BCUT2D eigenvalue weighted by molar-refractivity contribution is 5.85. The first kappa shape index (κ1) is 19.1. The lowest BCUT2D eigenvalue weighted by Crippen LogP contribution is -2.38. The Morgan fingerprint density at radius 1 is 1.17 bits per heavy atom. The minimum absolute atomic E-state index is 0. The zero-order chi connectivity index (χ0) is 15.9. The van der Waals surface area contributed by atoms with Crippen LogP contribution in [0.2, 0.25) is 0 Å². The highest BCUT2D eigenvalue weighted by Gasteiger charge is 2.26. The van der Waals surface area contributed by atoms with Gasteiger partial charge in [-0.3, -0.25) is 9.78 Å². The number of nitrogens with zero attached hydrogens (tertiary/aromatic N) is 2. The Labute approximate surface area is 144 Å². The molecule has 0 radical (unpaired) electrons. The van der Waals surface area contributed by atoms with Gasteiger partial charge in [0.2, 0.25) is 5.91 Å². The summed E-state index contributed by atoms with van der Waals surface area (Å²) in [4.78, 5) is 18.6. The number of halogens is 1. The summed E-state index contributed by atoms with van der Waals surface area (Å²) in [6.07, 6.45) is 3.49. The molecule has 1 heterocycles. The van der Waals surface area contributed by atoms with Crippen LogP contribution in [0.15, 0.2) is 54.9 Å². The van der Waals surface area contributed by atoms with Gasteiger partial charge in [-0.2, -0.15) is 0 Å². The normalized spacial score (nSPS) is 12.8. The lowest BCUT2D eigenvalue weighted by atomic mass is 9.94. The first-order valence-electron chi connectivity index (χ1n) is 7.61. The Kier molecular flexibility index (Phi) is 7.72. The first-order valence-corrected chi connectivity index (χ1v) is 7.61. The summed E-state index contributed by atoms with van der Waals surface area (Å²) < 4.78 is 0. The molecule has 0 saturated carbocycles. The van der Waals surface area contributed by atoms with Crippen molar-refractivity contribution in [1.82, 2.24) is 9.88 Å². The van der Waals surface area contributed by atoms with E-state index in [2.05, 4.69) is 4.98 Å². The van der Waals surface area contributed by atoms with Crippen molar-refractivity contribution < 1.29 is 4.79 Å². The monoisotopic (exact) mass is 333 g/mol. The van der Waals surface area contributed by atoms with Gasteiger partial charge in [-0.1, -0.05) is 37.3 Å². The van der Waals surface area contributed by atoms with Gasteiger partial charge >= 0.3 is 0 Å². The summed E-state index contributed by atoms with van der Waals surface area (Å²) in [5.41, 5.74) is 8.33. The van der Waals surface area contributed by atoms with Crippen LogP contribution >= 0.6 is 12.4 Å². The van der Waals surface area contributed by atoms with Crippen molar-refractivity contribution in [2.75, 3.05) is 6.54 Å². The van der Waals surface area contributed by atoms with Gasteiger partial charge in [0.1, 0.15) is 0 Å². The van der Waals surface area contributed by atoms with Gasteiger partial charge in [0.25, 0.3) is 0 Å². The Balaban J connectivity index is 0.00000264. The number of aromatic nitrogens is 1. The number of nitrogens with two attached hydrogens (primary N) is 1. The van der Waals surface area contributed by atoms with E-state index in [4.69, 9.17) is 5.73 Å². The second-order valence-electron chi connectivity index (χ2n) is 5.43. The first-order chi connectivity index (χ1) is 10.6. The molecule has 0 spiro atoms. The quantitative estimate of drug-likeness (QED) is 0.883. The third-order valence-corrected chi connectivity index (χ3v) is 3.93. The molecular weight excluding hydrogens is 310 g/mol. The molecule has 0 aliphatic heterocycles. The molecule has 2 N–H and O–H groups in total. The van der Waals surface area contributed by atoms with Gasteiger partial charge in [-0.15, -0.1) is 12.4 Å². The second kappa shape index (κ2) is 9.28. The molecule has 2 aromatic rings. The summed E-state index contributed by atoms with van der Waals surface area (Å²) in [5.74, 6) is -0.181. The van der Waals surface area contributed by atoms with E-state index in [1.807, 2.05) is 61.2 Å². The molecule has 23 heavy (non-hydrogen) atoms. The van der Waals surface area contributed by atoms with Gasteiger partial charge in [0.05, 0.1) is 5.92 Å². The van der Waals surface area contributed by atoms with Crippen molar-refractivity contribution in [1.29, 1.82) is 0 Å². The minimum atomic E-state index is -0.291. The molecule has 1 aromatic carbocycles. The van der Waals surface area contributed by atoms with Crippen molar-refractivity contribution >= 4 is 18.3 Å². The number of rotatable bonds is 6. The zero-order valence-electron chi connectivity index (χ0n) is 13.6. The minimum Gasteiger partial charge on any atom is -0.338 e. The van der Waals surface area contributed by atoms with Gasteiger partial charge in [0, 0.05) is 31.5 Å². The number of hydrogen-bond donors (Lipinski definition) is 1. The van der Waals surface area contributed by atoms with Crippen molar-refractivity contribution in [2.24, 2.45) is 11.7 Å². The molecule has 1 aromatic heterocycles. The predicted octanol–water partition coefficient (Wildman–Crippen LogP) is 3.19. The van der Waals surface area contributed by atoms with Crippen LogP contribution < -0.4 is 5.73 Å². The fourth-order valence-electron chi connectivity index (χ4n) is 2.46. The SMILES string of the molecule is CCN(Cc1ccncc1)C(=O)C(C)C(N)c1ccccc1.Cl. The van der Waals surface area contributed by atoms with Gasteiger partial charge < -0.3 is 10.6 Å². The van der Waals surface area contributed by atoms with Crippen LogP contribution in [0.4, 0.5) is 0 Å². The van der Waals surface area contributed by atoms with E-state index in [1.54, 1.807) is 12.4 Å². The number of carbonyl (C=O) groups is 1. The molecular formula is C18H24ClN3O. The van der Waals surface area contributed by atoms with E-state index < -0.39 is 0 Å². The van der Waals surface area contributed by atoms with Gasteiger partial charge in [-0.25, -0.2) is 0 Å². The molecule has 1 amide bonds. The van der Waals surface area contributed by atoms with E-state index >= 15 is 0 Å². The smallest absolute Gasteiger partial charge is 0.227 e. The van der Waals surface area contributed by atoms with E-state index in [-0.39, 0.29) is 30.3 Å². The van der Waals surface area contributed by atoms with Crippen LogP contribution in [-0.4, -0.2) is 22.3 Å². The standard InChI is InChI=1S/C18H23N3O.ClH/c1-3-21(13-15-9-11-20-12-10-15)18(22)14(2)17(19)16-7-5-4-6-8-16;/h4-12,14,17H,3,13,19H2,1-2H3;1H. The average Bonchev–Trinajstić information content (AvgIpc) is 2.59. The number of carbonyl (C=O) groups excluding carboxylic acids is 1. The van der Waals surface area contributed by atoms with Gasteiger partial charge in [-0.05, 0) is 30.2 Å². The third-order valence-electron chi connectivity index (χ3n) is 3.93. The highest BCUT2D eigenvalue weighted by atomic mass is 35.5. The fraction of sp³-hybridized carbons (Fsp3) is 0.333. The maximum Gasteiger partial charge on any atom is 0.227 e. The number of benzene rings is 1. The van der Waals surface area contributed by atoms with Crippen molar-refractivity contribution in [3.05, 3.63) is 66.0 Å². The Bertz CT molecular complexity index is 588. The summed E-state index contributed by atoms with van der Waals surface area (Å²) in [5, 5.41) is 0. The number of amides is 1. The third kappa shape index (κ3) is 5.05. The predicted molar refractivity (Wildman–Crippen MR) is 95.1 cm³/mol.